The molecule has 0 radical (unpaired) electrons. The van der Waals surface area contributed by atoms with Gasteiger partial charge < -0.3 is 4.74 Å². The quantitative estimate of drug-likeness (QED) is 0.439. The smallest absolute Gasteiger partial charge is 0.339 e. The van der Waals surface area contributed by atoms with Crippen LogP contribution in [0.5, 0.6) is 5.75 Å². The summed E-state index contributed by atoms with van der Waals surface area (Å²) in [4.78, 5) is 1.06. The van der Waals surface area contributed by atoms with E-state index in [1.807, 2.05) is 62.6 Å². The summed E-state index contributed by atoms with van der Waals surface area (Å²) in [5.41, 5.74) is 1.95. The first-order valence-electron chi connectivity index (χ1n) is 8.92. The second kappa shape index (κ2) is 9.15. The van der Waals surface area contributed by atoms with Gasteiger partial charge >= 0.3 is 6.02 Å². The molecule has 0 bridgehead atoms. The second-order valence-corrected chi connectivity index (χ2v) is 9.68. The van der Waals surface area contributed by atoms with Crippen molar-refractivity contribution >= 4 is 26.7 Å². The zero-order valence-corrected chi connectivity index (χ0v) is 18.1. The number of ether oxygens (including phenoxy) is 1. The van der Waals surface area contributed by atoms with Crippen molar-refractivity contribution in [1.29, 1.82) is 0 Å². The minimum absolute atomic E-state index is 0.0966. The molecule has 0 saturated heterocycles. The molecule has 0 aliphatic rings. The molecule has 7 heteroatoms. The number of hydrogen-bond acceptors (Lipinski definition) is 3. The Labute approximate surface area is 174 Å². The summed E-state index contributed by atoms with van der Waals surface area (Å²) in [5.74, 6) is 0.483. The number of hydrogen-bond donors (Lipinski definition) is 0. The summed E-state index contributed by atoms with van der Waals surface area (Å²) in [5, 5.41) is 0. The van der Waals surface area contributed by atoms with Crippen molar-refractivity contribution in [2.75, 3.05) is 6.26 Å². The monoisotopic (exact) mass is 426 g/mol. The number of amidine groups is 1. The van der Waals surface area contributed by atoms with E-state index in [1.54, 1.807) is 24.3 Å². The highest BCUT2D eigenvalue weighted by atomic mass is 32.2. The van der Waals surface area contributed by atoms with Crippen LogP contribution in [0, 0.1) is 13.8 Å². The van der Waals surface area contributed by atoms with Gasteiger partial charge in [0, 0.05) is 4.90 Å². The third-order valence-corrected chi connectivity index (χ3v) is 6.66. The Kier molecular flexibility index (Phi) is 6.61. The molecular weight excluding hydrogens is 404 g/mol. The number of benzene rings is 3. The molecule has 3 aromatic carbocycles. The molecule has 0 spiro atoms. The van der Waals surface area contributed by atoms with Gasteiger partial charge in [0.25, 0.3) is 10.0 Å². The Bertz CT molecular complexity index is 1150. The third-order valence-electron chi connectivity index (χ3n) is 4.02. The molecule has 3 aromatic rings. The van der Waals surface area contributed by atoms with E-state index in [0.717, 1.165) is 16.0 Å². The number of rotatable bonds is 4. The number of nitrogens with zero attached hydrogens (tertiary/aromatic N) is 2. The maximum Gasteiger partial charge on any atom is 0.339 e. The van der Waals surface area contributed by atoms with E-state index in [0.29, 0.717) is 5.75 Å². The number of sulfonamides is 1. The normalized spacial score (nSPS) is 13.3. The lowest BCUT2D eigenvalue weighted by molar-refractivity contribution is 0.542. The molecule has 29 heavy (non-hydrogen) atoms. The van der Waals surface area contributed by atoms with Gasteiger partial charge in [0.15, 0.2) is 0 Å². The molecule has 0 aromatic heterocycles. The SMILES string of the molecule is Cc1ccc(S(=O)(=O)/N=C(\N=S(/C)c2ccccc2)Oc2cccc(C)c2)cc1. The first-order chi connectivity index (χ1) is 13.8. The standard InChI is InChI=1S/C22H22N2O3S2/c1-17-12-14-21(15-13-17)29(25,26)24-22(27-19-9-7-8-18(2)16-19)23-28(3)20-10-5-4-6-11-20/h4-16H,1-3H3/b24-22+. The van der Waals surface area contributed by atoms with Crippen LogP contribution in [-0.4, -0.2) is 20.7 Å². The molecule has 3 rings (SSSR count). The Morgan fingerprint density at radius 2 is 1.55 bits per heavy atom. The van der Waals surface area contributed by atoms with Crippen LogP contribution in [0.15, 0.2) is 97.4 Å². The van der Waals surface area contributed by atoms with Gasteiger partial charge in [-0.1, -0.05) is 58.7 Å². The zero-order chi connectivity index (χ0) is 20.9. The van der Waals surface area contributed by atoms with Crippen molar-refractivity contribution in [1.82, 2.24) is 0 Å². The fourth-order valence-corrected chi connectivity index (χ4v) is 4.38. The summed E-state index contributed by atoms with van der Waals surface area (Å²) >= 11 is 0. The fourth-order valence-electron chi connectivity index (χ4n) is 2.49. The fraction of sp³-hybridized carbons (Fsp3) is 0.136. The Balaban J connectivity index is 2.04. The molecule has 0 heterocycles. The van der Waals surface area contributed by atoms with E-state index >= 15 is 0 Å². The molecule has 1 unspecified atom stereocenters. The van der Waals surface area contributed by atoms with Crippen LogP contribution in [0.2, 0.25) is 0 Å². The maximum absolute atomic E-state index is 12.8. The highest BCUT2D eigenvalue weighted by Crippen LogP contribution is 2.18. The zero-order valence-electron chi connectivity index (χ0n) is 16.4. The summed E-state index contributed by atoms with van der Waals surface area (Å²) in [6.45, 7) is 3.82. The molecular formula is C22H22N2O3S2. The molecule has 150 valence electrons. The minimum Gasteiger partial charge on any atom is -0.423 e. The average Bonchev–Trinajstić information content (AvgIpc) is 2.68. The van der Waals surface area contributed by atoms with Gasteiger partial charge in [-0.15, -0.1) is 4.40 Å². The highest BCUT2D eigenvalue weighted by Gasteiger charge is 2.16. The van der Waals surface area contributed by atoms with Crippen LogP contribution in [0.1, 0.15) is 11.1 Å². The lowest BCUT2D eigenvalue weighted by Gasteiger charge is -2.08. The van der Waals surface area contributed by atoms with Gasteiger partial charge in [0.2, 0.25) is 0 Å². The summed E-state index contributed by atoms with van der Waals surface area (Å²) in [6, 6.07) is 23.3. The van der Waals surface area contributed by atoms with Crippen LogP contribution in [0.25, 0.3) is 0 Å². The Morgan fingerprint density at radius 3 is 2.21 bits per heavy atom. The third kappa shape index (κ3) is 5.85. The molecule has 0 aliphatic heterocycles. The predicted molar refractivity (Wildman–Crippen MR) is 118 cm³/mol. The molecule has 0 N–H and O–H groups in total. The predicted octanol–water partition coefficient (Wildman–Crippen LogP) is 4.92. The average molecular weight is 427 g/mol. The van der Waals surface area contributed by atoms with Crippen molar-refractivity contribution in [3.8, 4) is 5.75 Å². The van der Waals surface area contributed by atoms with E-state index in [2.05, 4.69) is 8.76 Å². The largest absolute Gasteiger partial charge is 0.423 e. The molecule has 0 amide bonds. The Hall–Kier alpha value is -2.77. The summed E-state index contributed by atoms with van der Waals surface area (Å²) in [7, 11) is -4.59. The maximum atomic E-state index is 12.8. The van der Waals surface area contributed by atoms with E-state index in [9.17, 15) is 8.42 Å². The van der Waals surface area contributed by atoms with Gasteiger partial charge in [-0.25, -0.2) is 0 Å². The van der Waals surface area contributed by atoms with Crippen LogP contribution in [-0.2, 0) is 20.7 Å². The first kappa shape index (κ1) is 21.0. The summed E-state index contributed by atoms with van der Waals surface area (Å²) < 4.78 is 39.8. The van der Waals surface area contributed by atoms with E-state index in [4.69, 9.17) is 4.74 Å². The van der Waals surface area contributed by atoms with Crippen LogP contribution in [0.4, 0.5) is 0 Å². The lowest BCUT2D eigenvalue weighted by atomic mass is 10.2. The Morgan fingerprint density at radius 1 is 0.862 bits per heavy atom. The summed E-state index contributed by atoms with van der Waals surface area (Å²) in [6.07, 6.45) is 1.89. The van der Waals surface area contributed by atoms with Gasteiger partial charge in [-0.2, -0.15) is 12.8 Å². The first-order valence-corrected chi connectivity index (χ1v) is 12.0. The highest BCUT2D eigenvalue weighted by molar-refractivity contribution is 7.90. The van der Waals surface area contributed by atoms with Gasteiger partial charge in [-0.05, 0) is 62.1 Å². The molecule has 0 fully saturated rings. The van der Waals surface area contributed by atoms with Crippen molar-refractivity contribution in [2.24, 2.45) is 8.76 Å². The van der Waals surface area contributed by atoms with Crippen molar-refractivity contribution in [3.63, 3.8) is 0 Å². The van der Waals surface area contributed by atoms with Crippen molar-refractivity contribution < 1.29 is 13.2 Å². The van der Waals surface area contributed by atoms with E-state index < -0.39 is 20.7 Å². The number of aryl methyl sites for hydroxylation is 2. The van der Waals surface area contributed by atoms with Gasteiger partial charge in [0.05, 0.1) is 4.90 Å². The lowest BCUT2D eigenvalue weighted by Crippen LogP contribution is -2.11. The van der Waals surface area contributed by atoms with Crippen LogP contribution < -0.4 is 4.74 Å². The van der Waals surface area contributed by atoms with Crippen LogP contribution >= 0.6 is 0 Å². The van der Waals surface area contributed by atoms with Crippen molar-refractivity contribution in [3.05, 3.63) is 90.0 Å². The minimum atomic E-state index is -3.96. The van der Waals surface area contributed by atoms with Crippen molar-refractivity contribution in [2.45, 2.75) is 23.6 Å². The van der Waals surface area contributed by atoms with E-state index in [-0.39, 0.29) is 10.9 Å². The van der Waals surface area contributed by atoms with Gasteiger partial charge in [0.1, 0.15) is 5.75 Å². The molecule has 5 nitrogen and oxygen atoms in total. The molecule has 0 aliphatic carbocycles. The molecule has 1 atom stereocenters. The molecule has 0 saturated carbocycles. The van der Waals surface area contributed by atoms with Crippen LogP contribution in [0.3, 0.4) is 0 Å². The second-order valence-electron chi connectivity index (χ2n) is 6.46. The van der Waals surface area contributed by atoms with E-state index in [1.165, 1.54) is 12.1 Å². The topological polar surface area (TPSA) is 68.1 Å². The van der Waals surface area contributed by atoms with Gasteiger partial charge in [-0.3, -0.25) is 0 Å².